The molecule has 1 fully saturated rings. The first kappa shape index (κ1) is 33.9. The Bertz CT molecular complexity index is 1750. The number of aliphatic carboxylic acids is 1. The first-order chi connectivity index (χ1) is 22.5. The maximum Gasteiger partial charge on any atom is 0.410 e. The first-order valence-electron chi connectivity index (χ1n) is 14.3. The highest BCUT2D eigenvalue weighted by molar-refractivity contribution is 7.89. The van der Waals surface area contributed by atoms with Gasteiger partial charge in [0.05, 0.1) is 22.6 Å². The molecule has 17 heteroatoms. The molecule has 47 heavy (non-hydrogen) atoms. The molecule has 2 aromatic carbocycles. The molecule has 3 atom stereocenters. The lowest BCUT2D eigenvalue weighted by Crippen LogP contribution is -2.49. The van der Waals surface area contributed by atoms with Crippen LogP contribution in [0.3, 0.4) is 0 Å². The lowest BCUT2D eigenvalue weighted by Gasteiger charge is -2.24. The van der Waals surface area contributed by atoms with E-state index in [9.17, 15) is 27.9 Å². The van der Waals surface area contributed by atoms with E-state index in [1.54, 1.807) is 18.3 Å². The predicted molar refractivity (Wildman–Crippen MR) is 172 cm³/mol. The van der Waals surface area contributed by atoms with Crippen LogP contribution in [0.4, 0.5) is 10.6 Å². The van der Waals surface area contributed by atoms with Crippen LogP contribution >= 0.6 is 23.2 Å². The first-order valence-corrected chi connectivity index (χ1v) is 16.5. The zero-order valence-electron chi connectivity index (χ0n) is 24.6. The summed E-state index contributed by atoms with van der Waals surface area (Å²) in [4.78, 5) is 49.3. The van der Waals surface area contributed by atoms with E-state index < -0.39 is 57.1 Å². The number of nitrogens with zero attached hydrogens (tertiary/aromatic N) is 3. The van der Waals surface area contributed by atoms with E-state index in [2.05, 4.69) is 20.8 Å². The van der Waals surface area contributed by atoms with Crippen LogP contribution in [0.1, 0.15) is 18.4 Å². The summed E-state index contributed by atoms with van der Waals surface area (Å²) in [5.41, 5.74) is -0.292. The number of ether oxygens (including phenoxy) is 1. The van der Waals surface area contributed by atoms with Gasteiger partial charge < -0.3 is 25.3 Å². The molecule has 1 aromatic heterocycles. The van der Waals surface area contributed by atoms with Crippen molar-refractivity contribution in [3.8, 4) is 0 Å². The van der Waals surface area contributed by atoms with Crippen LogP contribution in [0.5, 0.6) is 0 Å². The van der Waals surface area contributed by atoms with Gasteiger partial charge >= 0.3 is 12.1 Å². The largest absolute Gasteiger partial charge is 0.480 e. The van der Waals surface area contributed by atoms with E-state index in [4.69, 9.17) is 32.8 Å². The zero-order chi connectivity index (χ0) is 33.6. The summed E-state index contributed by atoms with van der Waals surface area (Å²) in [6, 6.07) is 16.4. The number of benzene rings is 2. The van der Waals surface area contributed by atoms with E-state index in [0.717, 1.165) is 5.56 Å². The van der Waals surface area contributed by atoms with Crippen molar-refractivity contribution in [1.29, 1.82) is 0 Å². The quantitative estimate of drug-likeness (QED) is 0.218. The minimum atomic E-state index is -4.48. The predicted octanol–water partition coefficient (Wildman–Crippen LogP) is 3.27. The SMILES string of the molecule is O=C(NCC(NS(=O)(=O)c1c(Cl)cccc1Cl)C(=O)O)C1=NO[C@]2(C1)CC(CNc1ccccn1)N(C(=O)OCc1ccccc1)C2. The second-order valence-electron chi connectivity index (χ2n) is 10.9. The number of oxime groups is 1. The van der Waals surface area contributed by atoms with Gasteiger partial charge in [0.15, 0.2) is 5.60 Å². The molecule has 2 unspecified atom stereocenters. The summed E-state index contributed by atoms with van der Waals surface area (Å²) in [6.45, 7) is -0.201. The fraction of sp³-hybridized carbons (Fsp3) is 0.300. The highest BCUT2D eigenvalue weighted by atomic mass is 35.5. The minimum absolute atomic E-state index is 0.0000814. The summed E-state index contributed by atoms with van der Waals surface area (Å²) < 4.78 is 33.4. The van der Waals surface area contributed by atoms with E-state index in [1.165, 1.54) is 23.1 Å². The molecule has 0 aliphatic carbocycles. The average molecular weight is 706 g/mol. The number of likely N-dealkylation sites (tertiary alicyclic amines) is 1. The van der Waals surface area contributed by atoms with Crippen LogP contribution in [-0.4, -0.2) is 84.4 Å². The molecular weight excluding hydrogens is 675 g/mol. The van der Waals surface area contributed by atoms with Gasteiger partial charge in [-0.25, -0.2) is 18.2 Å². The Morgan fingerprint density at radius 3 is 2.47 bits per heavy atom. The third-order valence-electron chi connectivity index (χ3n) is 7.48. The second kappa shape index (κ2) is 14.5. The zero-order valence-corrected chi connectivity index (χ0v) is 27.0. The van der Waals surface area contributed by atoms with E-state index in [0.29, 0.717) is 18.8 Å². The van der Waals surface area contributed by atoms with Crippen molar-refractivity contribution in [2.75, 3.05) is 25.0 Å². The number of hydrogen-bond acceptors (Lipinski definition) is 10. The highest BCUT2D eigenvalue weighted by Crippen LogP contribution is 2.38. The van der Waals surface area contributed by atoms with Crippen LogP contribution < -0.4 is 15.4 Å². The number of rotatable bonds is 12. The number of halogens is 2. The van der Waals surface area contributed by atoms with E-state index >= 15 is 0 Å². The smallest absolute Gasteiger partial charge is 0.410 e. The molecule has 2 amide bonds. The van der Waals surface area contributed by atoms with Gasteiger partial charge in [0.25, 0.3) is 5.91 Å². The molecule has 5 rings (SSSR count). The monoisotopic (exact) mass is 704 g/mol. The van der Waals surface area contributed by atoms with Crippen LogP contribution in [0.25, 0.3) is 0 Å². The number of sulfonamides is 1. The van der Waals surface area contributed by atoms with Crippen molar-refractivity contribution in [1.82, 2.24) is 19.9 Å². The number of carbonyl (C=O) groups is 3. The maximum absolute atomic E-state index is 13.3. The Hall–Kier alpha value is -4.44. The number of carbonyl (C=O) groups excluding carboxylic acids is 2. The summed E-state index contributed by atoms with van der Waals surface area (Å²) in [5.74, 6) is -1.71. The summed E-state index contributed by atoms with van der Waals surface area (Å²) in [7, 11) is -4.48. The van der Waals surface area contributed by atoms with Gasteiger partial charge in [-0.05, 0) is 29.8 Å². The normalized spacial score (nSPS) is 19.5. The van der Waals surface area contributed by atoms with Gasteiger partial charge in [-0.1, -0.05) is 70.8 Å². The summed E-state index contributed by atoms with van der Waals surface area (Å²) in [5, 5.41) is 18.8. The third-order valence-corrected chi connectivity index (χ3v) is 9.91. The Labute approximate surface area is 280 Å². The number of aromatic nitrogens is 1. The Morgan fingerprint density at radius 1 is 1.06 bits per heavy atom. The van der Waals surface area contributed by atoms with Gasteiger partial charge in [0, 0.05) is 32.1 Å². The van der Waals surface area contributed by atoms with Crippen molar-refractivity contribution in [3.05, 3.63) is 88.5 Å². The van der Waals surface area contributed by atoms with Crippen LogP contribution in [0.2, 0.25) is 10.0 Å². The van der Waals surface area contributed by atoms with Gasteiger partial charge in [-0.3, -0.25) is 14.5 Å². The van der Waals surface area contributed by atoms with Crippen molar-refractivity contribution in [3.63, 3.8) is 0 Å². The number of amides is 2. The lowest BCUT2D eigenvalue weighted by molar-refractivity contribution is -0.138. The molecule has 1 saturated heterocycles. The molecule has 3 aromatic rings. The molecule has 0 saturated carbocycles. The van der Waals surface area contributed by atoms with Gasteiger partial charge in [-0.15, -0.1) is 0 Å². The Balaban J connectivity index is 1.22. The van der Waals surface area contributed by atoms with E-state index in [1.807, 2.05) is 41.1 Å². The van der Waals surface area contributed by atoms with Crippen molar-refractivity contribution < 1.29 is 37.5 Å². The number of carboxylic acid groups (broad SMARTS) is 1. The number of pyridine rings is 1. The average Bonchev–Trinajstić information content (AvgIpc) is 3.64. The van der Waals surface area contributed by atoms with Crippen molar-refractivity contribution >= 4 is 62.7 Å². The molecule has 3 heterocycles. The molecule has 1 spiro atoms. The molecular formula is C30H30Cl2N6O8S. The molecule has 2 aliphatic rings. The molecule has 0 radical (unpaired) electrons. The molecule has 0 bridgehead atoms. The highest BCUT2D eigenvalue weighted by Gasteiger charge is 2.52. The van der Waals surface area contributed by atoms with Crippen molar-refractivity contribution in [2.45, 2.75) is 42.0 Å². The maximum atomic E-state index is 13.3. The standard InChI is InChI=1S/C30H30Cl2N6O8S/c31-21-9-6-10-22(32)26(21)47(43,44)37-24(28(40)41)16-35-27(39)23-14-30(46-36-23)13-20(15-34-25-11-4-5-12-33-25)38(18-30)29(42)45-17-19-7-2-1-3-8-19/h1-12,20,24,37H,13-18H2,(H,33,34)(H,35,39)(H,40,41)/t20?,24?,30-/m0/s1. The van der Waals surface area contributed by atoms with Crippen molar-refractivity contribution in [2.24, 2.45) is 5.16 Å². The minimum Gasteiger partial charge on any atom is -0.480 e. The second-order valence-corrected chi connectivity index (χ2v) is 13.3. The fourth-order valence-electron chi connectivity index (χ4n) is 5.23. The van der Waals surface area contributed by atoms with Crippen LogP contribution in [-0.2, 0) is 35.8 Å². The van der Waals surface area contributed by atoms with Crippen LogP contribution in [0.15, 0.2) is 83.0 Å². The molecule has 4 N–H and O–H groups in total. The molecule has 14 nitrogen and oxygen atoms in total. The number of nitrogens with one attached hydrogen (secondary N) is 3. The number of hydrogen-bond donors (Lipinski definition) is 4. The Kier molecular flexibility index (Phi) is 10.5. The number of anilines is 1. The summed E-state index contributed by atoms with van der Waals surface area (Å²) in [6.07, 6.45) is 1.36. The lowest BCUT2D eigenvalue weighted by atomic mass is 9.94. The molecule has 2 aliphatic heterocycles. The van der Waals surface area contributed by atoms with Gasteiger partial charge in [0.1, 0.15) is 29.1 Å². The topological polar surface area (TPSA) is 189 Å². The fourth-order valence-corrected chi connectivity index (χ4v) is 7.56. The Morgan fingerprint density at radius 2 is 1.79 bits per heavy atom. The number of carboxylic acids is 1. The van der Waals surface area contributed by atoms with Gasteiger partial charge in [-0.2, -0.15) is 4.72 Å². The third kappa shape index (κ3) is 8.29. The molecule has 248 valence electrons. The van der Waals surface area contributed by atoms with Gasteiger partial charge in [0.2, 0.25) is 10.0 Å². The summed E-state index contributed by atoms with van der Waals surface area (Å²) >= 11 is 12.0. The van der Waals surface area contributed by atoms with Crippen LogP contribution in [0, 0.1) is 0 Å². The van der Waals surface area contributed by atoms with E-state index in [-0.39, 0.29) is 35.3 Å².